The average molecular weight is 763 g/mol. The zero-order valence-electron chi connectivity index (χ0n) is 34.8. The maximum absolute atomic E-state index is 14.4. The van der Waals surface area contributed by atoms with Gasteiger partial charge in [0.1, 0.15) is 18.8 Å². The number of hydrogen-bond acceptors (Lipinski definition) is 9. The predicted octanol–water partition coefficient (Wildman–Crippen LogP) is 4.59. The number of methoxy groups -OCH3 is 1. The molecule has 12 nitrogen and oxygen atoms in total. The molecule has 0 radical (unpaired) electrons. The minimum Gasteiger partial charge on any atom is -0.480 e. The van der Waals surface area contributed by atoms with Gasteiger partial charge in [-0.05, 0) is 107 Å². The number of nitrogens with one attached hydrogen (secondary N) is 2. The van der Waals surface area contributed by atoms with Crippen LogP contribution in [0.5, 0.6) is 0 Å². The van der Waals surface area contributed by atoms with Crippen molar-refractivity contribution in [2.24, 2.45) is 58.7 Å². The third-order valence-electron chi connectivity index (χ3n) is 14.5. The molecule has 14 atom stereocenters. The molecule has 12 heteroatoms. The molecule has 310 valence electrons. The summed E-state index contributed by atoms with van der Waals surface area (Å²) in [5, 5.41) is 29.0. The molecule has 1 saturated heterocycles. The maximum atomic E-state index is 14.4. The van der Waals surface area contributed by atoms with Crippen molar-refractivity contribution in [2.75, 3.05) is 47.5 Å². The molecule has 0 aromatic heterocycles. The van der Waals surface area contributed by atoms with E-state index in [0.717, 1.165) is 64.3 Å². The smallest absolute Gasteiger partial charge is 0.329 e. The molecule has 2 bridgehead atoms. The van der Waals surface area contributed by atoms with Crippen LogP contribution >= 0.6 is 0 Å². The summed E-state index contributed by atoms with van der Waals surface area (Å²) in [7, 11) is 5.90. The molecule has 6 rings (SSSR count). The second-order valence-corrected chi connectivity index (χ2v) is 19.3. The van der Waals surface area contributed by atoms with E-state index in [1.54, 1.807) is 19.1 Å². The summed E-state index contributed by atoms with van der Waals surface area (Å²) in [5.74, 6) is 1.05. The molecule has 54 heavy (non-hydrogen) atoms. The van der Waals surface area contributed by atoms with E-state index in [1.807, 2.05) is 0 Å². The molecule has 6 fully saturated rings. The van der Waals surface area contributed by atoms with Crippen LogP contribution in [0.25, 0.3) is 0 Å². The average Bonchev–Trinajstić information content (AvgIpc) is 3.46. The molecule has 5 unspecified atom stereocenters. The van der Waals surface area contributed by atoms with Crippen molar-refractivity contribution in [3.63, 3.8) is 0 Å². The van der Waals surface area contributed by atoms with E-state index in [2.05, 4.69) is 64.2 Å². The van der Waals surface area contributed by atoms with Gasteiger partial charge in [-0.1, -0.05) is 53.9 Å². The Labute approximate surface area is 325 Å². The van der Waals surface area contributed by atoms with Gasteiger partial charge in [-0.3, -0.25) is 14.4 Å². The fraction of sp³-hybridized carbons (Fsp3) is 0.929. The predicted molar refractivity (Wildman–Crippen MR) is 207 cm³/mol. The number of carbonyl (C=O) groups excluding carboxylic acids is 2. The minimum absolute atomic E-state index is 0.00870. The van der Waals surface area contributed by atoms with E-state index >= 15 is 0 Å². The first-order chi connectivity index (χ1) is 25.5. The third kappa shape index (κ3) is 9.99. The second-order valence-electron chi connectivity index (χ2n) is 19.3. The van der Waals surface area contributed by atoms with Crippen LogP contribution in [-0.2, 0) is 28.7 Å². The van der Waals surface area contributed by atoms with Gasteiger partial charge < -0.3 is 35.2 Å². The summed E-state index contributed by atoms with van der Waals surface area (Å²) >= 11 is 0. The van der Waals surface area contributed by atoms with Gasteiger partial charge in [0, 0.05) is 50.0 Å². The van der Waals surface area contributed by atoms with Gasteiger partial charge >= 0.3 is 5.97 Å². The SMILES string of the molecule is COC1C(CN2O[C@@H](COCC(=O)O)[C@H]([C@H](C)O)[C@H]2C(=O)N[C@@H]2C[C@H]3C[C@@H]([C@@H]2C)C3(C)C)CCCC1C1CCCC(C(=O)N[C@H](CC(C)C)CN(C)C)C1. The molecule has 5 aliphatic carbocycles. The Morgan fingerprint density at radius 2 is 1.74 bits per heavy atom. The first-order valence-corrected chi connectivity index (χ1v) is 21.2. The lowest BCUT2D eigenvalue weighted by Crippen LogP contribution is -2.62. The quantitative estimate of drug-likeness (QED) is 0.166. The third-order valence-corrected chi connectivity index (χ3v) is 14.5. The number of likely N-dealkylation sites (N-methyl/N-ethyl adjacent to an activating group) is 1. The van der Waals surface area contributed by atoms with E-state index in [0.29, 0.717) is 36.1 Å². The Hall–Kier alpha value is -1.83. The molecule has 0 aromatic carbocycles. The van der Waals surface area contributed by atoms with Crippen molar-refractivity contribution in [3.8, 4) is 0 Å². The fourth-order valence-corrected chi connectivity index (χ4v) is 11.7. The summed E-state index contributed by atoms with van der Waals surface area (Å²) in [6, 6.07) is -0.575. The molecular formula is C42H74N4O8. The van der Waals surface area contributed by atoms with Gasteiger partial charge in [0.25, 0.3) is 0 Å². The minimum atomic E-state index is -1.08. The highest BCUT2D eigenvalue weighted by atomic mass is 16.7. The van der Waals surface area contributed by atoms with Crippen LogP contribution in [0.3, 0.4) is 0 Å². The van der Waals surface area contributed by atoms with Crippen molar-refractivity contribution in [2.45, 2.75) is 142 Å². The number of amides is 2. The number of carboxylic acids is 1. The van der Waals surface area contributed by atoms with Crippen molar-refractivity contribution < 1.29 is 38.9 Å². The first-order valence-electron chi connectivity index (χ1n) is 21.2. The Morgan fingerprint density at radius 3 is 2.35 bits per heavy atom. The van der Waals surface area contributed by atoms with E-state index in [-0.39, 0.29) is 59.8 Å². The molecule has 0 aromatic rings. The number of rotatable bonds is 17. The van der Waals surface area contributed by atoms with Gasteiger partial charge in [0.05, 0.1) is 18.8 Å². The van der Waals surface area contributed by atoms with Crippen LogP contribution in [-0.4, -0.2) is 122 Å². The lowest BCUT2D eigenvalue weighted by molar-refractivity contribution is -0.196. The summed E-state index contributed by atoms with van der Waals surface area (Å²) in [6.07, 6.45) is 8.31. The number of nitrogens with zero attached hydrogens (tertiary/aromatic N) is 2. The molecule has 1 heterocycles. The number of hydrogen-bond donors (Lipinski definition) is 4. The van der Waals surface area contributed by atoms with Gasteiger partial charge in [0.15, 0.2) is 0 Å². The zero-order valence-corrected chi connectivity index (χ0v) is 34.8. The number of aliphatic carboxylic acids is 1. The monoisotopic (exact) mass is 763 g/mol. The van der Waals surface area contributed by atoms with Crippen LogP contribution in [0.1, 0.15) is 106 Å². The Bertz CT molecular complexity index is 1250. The summed E-state index contributed by atoms with van der Waals surface area (Å²) in [4.78, 5) is 48.1. The summed E-state index contributed by atoms with van der Waals surface area (Å²) in [5.41, 5.74) is 0.287. The Balaban J connectivity index is 1.30. The Kier molecular flexibility index (Phi) is 14.9. The number of ether oxygens (including phenoxy) is 2. The number of aliphatic hydroxyl groups is 1. The zero-order chi connectivity index (χ0) is 39.5. The van der Waals surface area contributed by atoms with Crippen molar-refractivity contribution in [1.82, 2.24) is 20.6 Å². The first kappa shape index (κ1) is 43.3. The number of hydroxylamine groups is 2. The van der Waals surface area contributed by atoms with Gasteiger partial charge in [0.2, 0.25) is 11.8 Å². The normalized spacial score (nSPS) is 37.8. The molecule has 4 N–H and O–H groups in total. The highest BCUT2D eigenvalue weighted by molar-refractivity contribution is 5.83. The largest absolute Gasteiger partial charge is 0.480 e. The maximum Gasteiger partial charge on any atom is 0.329 e. The van der Waals surface area contributed by atoms with Crippen LogP contribution in [0.15, 0.2) is 0 Å². The van der Waals surface area contributed by atoms with Crippen LogP contribution in [0.2, 0.25) is 0 Å². The van der Waals surface area contributed by atoms with E-state index < -0.39 is 36.7 Å². The molecule has 0 spiro atoms. The topological polar surface area (TPSA) is 150 Å². The fourth-order valence-electron chi connectivity index (χ4n) is 11.7. The van der Waals surface area contributed by atoms with Gasteiger partial charge in [-0.25, -0.2) is 4.79 Å². The molecule has 5 saturated carbocycles. The van der Waals surface area contributed by atoms with Crippen molar-refractivity contribution in [3.05, 3.63) is 0 Å². The van der Waals surface area contributed by atoms with Gasteiger partial charge in [-0.15, -0.1) is 0 Å². The van der Waals surface area contributed by atoms with Crippen molar-refractivity contribution in [1.29, 1.82) is 0 Å². The van der Waals surface area contributed by atoms with Crippen LogP contribution < -0.4 is 10.6 Å². The lowest BCUT2D eigenvalue weighted by Gasteiger charge is -2.62. The van der Waals surface area contributed by atoms with E-state index in [9.17, 15) is 24.6 Å². The number of aliphatic hydroxyl groups excluding tert-OH is 1. The molecule has 2 amide bonds. The number of fused-ring (bicyclic) bond motifs is 2. The Morgan fingerprint density at radius 1 is 1.02 bits per heavy atom. The van der Waals surface area contributed by atoms with Crippen molar-refractivity contribution >= 4 is 17.8 Å². The van der Waals surface area contributed by atoms with E-state index in [1.165, 1.54) is 6.42 Å². The molecule has 1 aliphatic heterocycles. The number of carboxylic acid groups (broad SMARTS) is 1. The van der Waals surface area contributed by atoms with Crippen LogP contribution in [0, 0.1) is 58.7 Å². The summed E-state index contributed by atoms with van der Waals surface area (Å²) in [6.45, 7) is 13.8. The molecule has 6 aliphatic rings. The summed E-state index contributed by atoms with van der Waals surface area (Å²) < 4.78 is 11.9. The second kappa shape index (κ2) is 18.6. The standard InChI is InChI=1S/C42H74N4O8/c1-24(2)16-31(21-45(7)8)43-40(50)28-13-10-12-27(17-28)32-15-11-14-29(39(32)52-9)20-46-38(37(26(4)47)35(54-46)22-53-23-36(48)49)41(51)44-34-19-30-18-33(25(34)3)42(30,5)6/h24-35,37-39,47H,10-23H2,1-9H3,(H,43,50)(H,44,51)(H,48,49)/t25-,26-,27?,28?,29?,30+,31+,32?,33-,34+,35-,37-,38-,39?/m0/s1. The lowest BCUT2D eigenvalue weighted by atomic mass is 9.45. The highest BCUT2D eigenvalue weighted by Gasteiger charge is 2.58. The number of carbonyl (C=O) groups is 3. The van der Waals surface area contributed by atoms with E-state index in [4.69, 9.17) is 14.3 Å². The van der Waals surface area contributed by atoms with Crippen LogP contribution in [0.4, 0.5) is 0 Å². The molecular weight excluding hydrogens is 688 g/mol. The van der Waals surface area contributed by atoms with Gasteiger partial charge in [-0.2, -0.15) is 5.06 Å². The highest BCUT2D eigenvalue weighted by Crippen LogP contribution is 2.61.